The van der Waals surface area contributed by atoms with Gasteiger partial charge in [-0.15, -0.1) is 0 Å². The molecule has 6 nitrogen and oxygen atoms in total. The molecule has 0 radical (unpaired) electrons. The molecule has 1 atom stereocenters. The molecule has 0 saturated heterocycles. The lowest BCUT2D eigenvalue weighted by Gasteiger charge is -2.16. The number of thiocarbonyl (C=S) groups is 1. The van der Waals surface area contributed by atoms with Crippen molar-refractivity contribution in [2.45, 2.75) is 32.4 Å². The Labute approximate surface area is 106 Å². The van der Waals surface area contributed by atoms with Crippen LogP contribution in [0.2, 0.25) is 0 Å². The molecule has 0 fully saturated rings. The molecule has 96 valence electrons. The Balaban J connectivity index is 3.06. The van der Waals surface area contributed by atoms with Crippen LogP contribution in [0.4, 0.5) is 5.69 Å². The Kier molecular flexibility index (Phi) is 4.10. The molecule has 1 heterocycles. The number of H-pyrrole nitrogens is 1. The van der Waals surface area contributed by atoms with Crippen LogP contribution in [0.15, 0.2) is 0 Å². The van der Waals surface area contributed by atoms with Gasteiger partial charge >= 0.3 is 0 Å². The van der Waals surface area contributed by atoms with Crippen LogP contribution < -0.4 is 10.5 Å². The van der Waals surface area contributed by atoms with Crippen molar-refractivity contribution in [1.82, 2.24) is 10.2 Å². The van der Waals surface area contributed by atoms with Crippen LogP contribution in [0.1, 0.15) is 24.7 Å². The highest BCUT2D eigenvalue weighted by molar-refractivity contribution is 7.95. The highest BCUT2D eigenvalue weighted by atomic mass is 32.2. The van der Waals surface area contributed by atoms with Crippen molar-refractivity contribution in [2.24, 2.45) is 5.73 Å². The summed E-state index contributed by atoms with van der Waals surface area (Å²) in [5.41, 5.74) is 7.13. The lowest BCUT2D eigenvalue weighted by Crippen LogP contribution is -2.37. The number of nitrogens with two attached hydrogens (primary N) is 1. The molecule has 1 unspecified atom stereocenters. The lowest BCUT2D eigenvalue weighted by molar-refractivity contribution is 0.594. The molecule has 4 N–H and O–H groups in total. The van der Waals surface area contributed by atoms with Gasteiger partial charge in [-0.3, -0.25) is 9.82 Å². The average molecular weight is 276 g/mol. The van der Waals surface area contributed by atoms with E-state index in [2.05, 4.69) is 14.9 Å². The van der Waals surface area contributed by atoms with E-state index in [1.807, 2.05) is 0 Å². The standard InChI is InChI=1S/C9H16N4O2S2/c1-4-7(9(10)16)17(14,15)13-8-5(2)11-12-6(8)3/h7,13H,4H2,1-3H3,(H2,10,16)(H,11,12). The summed E-state index contributed by atoms with van der Waals surface area (Å²) in [7, 11) is -3.62. The number of aromatic nitrogens is 2. The van der Waals surface area contributed by atoms with Gasteiger partial charge in [-0.1, -0.05) is 19.1 Å². The number of sulfonamides is 1. The van der Waals surface area contributed by atoms with Crippen LogP contribution >= 0.6 is 12.2 Å². The van der Waals surface area contributed by atoms with E-state index in [4.69, 9.17) is 18.0 Å². The van der Waals surface area contributed by atoms with Crippen molar-refractivity contribution < 1.29 is 8.42 Å². The maximum Gasteiger partial charge on any atom is 0.242 e. The van der Waals surface area contributed by atoms with E-state index in [0.29, 0.717) is 23.5 Å². The summed E-state index contributed by atoms with van der Waals surface area (Å²) in [6.45, 7) is 5.17. The topological polar surface area (TPSA) is 101 Å². The number of hydrogen-bond acceptors (Lipinski definition) is 4. The lowest BCUT2D eigenvalue weighted by atomic mass is 10.3. The summed E-state index contributed by atoms with van der Waals surface area (Å²) in [6.07, 6.45) is 0.334. The molecule has 0 aliphatic rings. The monoisotopic (exact) mass is 276 g/mol. The molecule has 8 heteroatoms. The maximum atomic E-state index is 12.1. The van der Waals surface area contributed by atoms with Crippen LogP contribution in [-0.2, 0) is 10.0 Å². The largest absolute Gasteiger partial charge is 0.392 e. The number of anilines is 1. The molecule has 0 aliphatic carbocycles. The van der Waals surface area contributed by atoms with Crippen LogP contribution in [-0.4, -0.2) is 28.9 Å². The van der Waals surface area contributed by atoms with Gasteiger partial charge in [-0.2, -0.15) is 5.10 Å². The summed E-state index contributed by atoms with van der Waals surface area (Å²) in [4.78, 5) is -0.0289. The van der Waals surface area contributed by atoms with Gasteiger partial charge in [0.15, 0.2) is 0 Å². The van der Waals surface area contributed by atoms with E-state index in [-0.39, 0.29) is 4.99 Å². The molecule has 1 aromatic rings. The van der Waals surface area contributed by atoms with E-state index in [9.17, 15) is 8.42 Å². The first-order valence-electron chi connectivity index (χ1n) is 5.12. The first-order valence-corrected chi connectivity index (χ1v) is 7.07. The summed E-state index contributed by atoms with van der Waals surface area (Å²) in [5.74, 6) is 0. The fourth-order valence-electron chi connectivity index (χ4n) is 1.49. The van der Waals surface area contributed by atoms with Gasteiger partial charge in [0.1, 0.15) is 5.25 Å². The zero-order valence-corrected chi connectivity index (χ0v) is 11.6. The van der Waals surface area contributed by atoms with Gasteiger partial charge in [0.2, 0.25) is 10.0 Å². The van der Waals surface area contributed by atoms with Crippen molar-refractivity contribution in [3.05, 3.63) is 11.4 Å². The molecule has 0 spiro atoms. The Morgan fingerprint density at radius 3 is 2.53 bits per heavy atom. The highest BCUT2D eigenvalue weighted by Gasteiger charge is 2.27. The Morgan fingerprint density at radius 1 is 1.59 bits per heavy atom. The number of rotatable bonds is 5. The van der Waals surface area contributed by atoms with E-state index in [1.54, 1.807) is 20.8 Å². The fourth-order valence-corrected chi connectivity index (χ4v) is 3.51. The smallest absolute Gasteiger partial charge is 0.242 e. The molecule has 1 aromatic heterocycles. The van der Waals surface area contributed by atoms with Crippen molar-refractivity contribution in [3.63, 3.8) is 0 Å². The number of aryl methyl sites for hydroxylation is 2. The maximum absolute atomic E-state index is 12.1. The predicted molar refractivity (Wildman–Crippen MR) is 71.5 cm³/mol. The first-order chi connectivity index (χ1) is 7.79. The molecule has 1 rings (SSSR count). The average Bonchev–Trinajstić information content (AvgIpc) is 2.49. The Morgan fingerprint density at radius 2 is 2.18 bits per heavy atom. The fraction of sp³-hybridized carbons (Fsp3) is 0.556. The van der Waals surface area contributed by atoms with E-state index in [1.165, 1.54) is 0 Å². The zero-order valence-electron chi connectivity index (χ0n) is 9.94. The third-order valence-corrected chi connectivity index (χ3v) is 4.69. The van der Waals surface area contributed by atoms with Crippen LogP contribution in [0.25, 0.3) is 0 Å². The minimum absolute atomic E-state index is 0.0289. The predicted octanol–water partition coefficient (Wildman–Crippen LogP) is 0.833. The van der Waals surface area contributed by atoms with Crippen LogP contribution in [0.3, 0.4) is 0 Å². The second-order valence-electron chi connectivity index (χ2n) is 3.76. The molecule has 0 aliphatic heterocycles. The molecular formula is C9H16N4O2S2. The molecule has 0 aromatic carbocycles. The minimum atomic E-state index is -3.62. The second kappa shape index (κ2) is 5.01. The Bertz CT molecular complexity index is 502. The highest BCUT2D eigenvalue weighted by Crippen LogP contribution is 2.20. The van der Waals surface area contributed by atoms with E-state index >= 15 is 0 Å². The van der Waals surface area contributed by atoms with E-state index in [0.717, 1.165) is 0 Å². The number of aromatic amines is 1. The minimum Gasteiger partial charge on any atom is -0.392 e. The summed E-state index contributed by atoms with van der Waals surface area (Å²) < 4.78 is 26.6. The second-order valence-corrected chi connectivity index (χ2v) is 6.09. The zero-order chi connectivity index (χ0) is 13.2. The summed E-state index contributed by atoms with van der Waals surface area (Å²) in [5, 5.41) is 5.75. The van der Waals surface area contributed by atoms with Crippen molar-refractivity contribution >= 4 is 32.9 Å². The third-order valence-electron chi connectivity index (χ3n) is 2.44. The van der Waals surface area contributed by atoms with Crippen molar-refractivity contribution in [1.29, 1.82) is 0 Å². The Hall–Kier alpha value is -1.15. The van der Waals surface area contributed by atoms with Gasteiger partial charge in [0, 0.05) is 0 Å². The molecule has 0 saturated carbocycles. The SMILES string of the molecule is CCC(C(N)=S)S(=O)(=O)Nc1c(C)n[nH]c1C. The molecular weight excluding hydrogens is 260 g/mol. The molecule has 17 heavy (non-hydrogen) atoms. The summed E-state index contributed by atoms with van der Waals surface area (Å²) >= 11 is 4.76. The normalized spacial score (nSPS) is 13.4. The van der Waals surface area contributed by atoms with Gasteiger partial charge in [0.25, 0.3) is 0 Å². The number of hydrogen-bond donors (Lipinski definition) is 3. The third kappa shape index (κ3) is 2.95. The summed E-state index contributed by atoms with van der Waals surface area (Å²) in [6, 6.07) is 0. The van der Waals surface area contributed by atoms with Crippen molar-refractivity contribution in [2.75, 3.05) is 4.72 Å². The van der Waals surface area contributed by atoms with Crippen LogP contribution in [0.5, 0.6) is 0 Å². The number of nitrogens with one attached hydrogen (secondary N) is 2. The van der Waals surface area contributed by atoms with Crippen molar-refractivity contribution in [3.8, 4) is 0 Å². The van der Waals surface area contributed by atoms with Gasteiger partial charge in [-0.05, 0) is 20.3 Å². The van der Waals surface area contributed by atoms with E-state index < -0.39 is 15.3 Å². The quantitative estimate of drug-likeness (QED) is 0.692. The van der Waals surface area contributed by atoms with Gasteiger partial charge in [-0.25, -0.2) is 8.42 Å². The molecule has 0 amide bonds. The van der Waals surface area contributed by atoms with Gasteiger partial charge in [0.05, 0.1) is 22.1 Å². The number of nitrogens with zero attached hydrogens (tertiary/aromatic N) is 1. The first kappa shape index (κ1) is 13.9. The molecule has 0 bridgehead atoms. The van der Waals surface area contributed by atoms with Gasteiger partial charge < -0.3 is 5.73 Å². The van der Waals surface area contributed by atoms with Crippen LogP contribution in [0, 0.1) is 13.8 Å².